The van der Waals surface area contributed by atoms with E-state index in [0.717, 1.165) is 0 Å². The van der Waals surface area contributed by atoms with Crippen LogP contribution in [0.2, 0.25) is 0 Å². The number of carbonyl (C=O) groups is 1. The average molecular weight is 425 g/mol. The van der Waals surface area contributed by atoms with E-state index in [2.05, 4.69) is 58.7 Å². The Labute approximate surface area is 191 Å². The molecule has 0 heterocycles. The number of unbranched alkanes of at least 4 members (excludes halogenated alkanes) is 8. The molecule has 0 bridgehead atoms. The molecule has 0 amide bonds. The lowest BCUT2D eigenvalue weighted by Gasteiger charge is -1.89. The highest BCUT2D eigenvalue weighted by Gasteiger charge is 1.81. The van der Waals surface area contributed by atoms with Gasteiger partial charge in [0, 0.05) is 6.92 Å². The zero-order valence-electron chi connectivity index (χ0n) is 21.6. The summed E-state index contributed by atoms with van der Waals surface area (Å²) < 4.78 is 4.40. The smallest absolute Gasteiger partial charge is 0.302 e. The lowest BCUT2D eigenvalue weighted by atomic mass is 10.3. The van der Waals surface area contributed by atoms with Crippen LogP contribution < -0.4 is 0 Å². The van der Waals surface area contributed by atoms with Crippen LogP contribution >= 0.6 is 0 Å². The molecule has 0 aliphatic heterocycles. The van der Waals surface area contributed by atoms with Crippen molar-refractivity contribution >= 4 is 5.97 Å². The van der Waals surface area contributed by atoms with Crippen LogP contribution in [0.1, 0.15) is 119 Å². The zero-order chi connectivity index (χ0) is 24.3. The maximum absolute atomic E-state index is 9.82. The Morgan fingerprint density at radius 1 is 0.600 bits per heavy atom. The SMILES string of the molecule is C=CCCCC.C=CCCCC.C=CCCCC.C=CCCCC.CCOC(C)=O. The molecule has 2 heteroatoms. The third kappa shape index (κ3) is 94.8. The van der Waals surface area contributed by atoms with Crippen molar-refractivity contribution in [3.05, 3.63) is 50.6 Å². The molecule has 2 nitrogen and oxygen atoms in total. The summed E-state index contributed by atoms with van der Waals surface area (Å²) in [5.74, 6) is -0.211. The predicted octanol–water partition coefficient (Wildman–Crippen LogP) is 10.0. The highest BCUT2D eigenvalue weighted by Crippen LogP contribution is 1.93. The van der Waals surface area contributed by atoms with E-state index in [0.29, 0.717) is 6.61 Å². The van der Waals surface area contributed by atoms with Crippen LogP contribution in [-0.4, -0.2) is 12.6 Å². The maximum atomic E-state index is 9.82. The molecule has 0 fully saturated rings. The van der Waals surface area contributed by atoms with Gasteiger partial charge in [0.25, 0.3) is 0 Å². The quantitative estimate of drug-likeness (QED) is 0.167. The van der Waals surface area contributed by atoms with Gasteiger partial charge in [-0.1, -0.05) is 103 Å². The average Bonchev–Trinajstić information content (AvgIpc) is 2.75. The van der Waals surface area contributed by atoms with Gasteiger partial charge < -0.3 is 4.74 Å². The Balaban J connectivity index is -0.0000000868. The fraction of sp³-hybridized carbons (Fsp3) is 0.679. The van der Waals surface area contributed by atoms with Crippen molar-refractivity contribution in [2.75, 3.05) is 6.61 Å². The fourth-order valence-electron chi connectivity index (χ4n) is 1.60. The molecule has 0 aromatic carbocycles. The van der Waals surface area contributed by atoms with E-state index < -0.39 is 0 Å². The van der Waals surface area contributed by atoms with Crippen LogP contribution in [0.3, 0.4) is 0 Å². The number of hydrogen-bond acceptors (Lipinski definition) is 2. The Hall–Kier alpha value is -1.57. The molecule has 0 saturated heterocycles. The van der Waals surface area contributed by atoms with Gasteiger partial charge in [0.2, 0.25) is 0 Å². The molecule has 0 aliphatic rings. The topological polar surface area (TPSA) is 26.3 Å². The second-order valence-corrected chi connectivity index (χ2v) is 6.65. The van der Waals surface area contributed by atoms with E-state index in [-0.39, 0.29) is 5.97 Å². The first-order chi connectivity index (χ1) is 14.4. The summed E-state index contributed by atoms with van der Waals surface area (Å²) >= 11 is 0. The number of esters is 1. The van der Waals surface area contributed by atoms with Gasteiger partial charge in [0.1, 0.15) is 0 Å². The summed E-state index contributed by atoms with van der Waals surface area (Å²) in [6, 6.07) is 0. The summed E-state index contributed by atoms with van der Waals surface area (Å²) in [5, 5.41) is 0. The Bertz CT molecular complexity index is 271. The molecule has 30 heavy (non-hydrogen) atoms. The predicted molar refractivity (Wildman–Crippen MR) is 141 cm³/mol. The minimum absolute atomic E-state index is 0.211. The van der Waals surface area contributed by atoms with Crippen molar-refractivity contribution in [2.24, 2.45) is 0 Å². The normalized spacial score (nSPS) is 8.07. The van der Waals surface area contributed by atoms with Gasteiger partial charge in [-0.25, -0.2) is 0 Å². The minimum Gasteiger partial charge on any atom is -0.466 e. The number of hydrogen-bond donors (Lipinski definition) is 0. The summed E-state index contributed by atoms with van der Waals surface area (Å²) in [4.78, 5) is 9.82. The fourth-order valence-corrected chi connectivity index (χ4v) is 1.60. The summed E-state index contributed by atoms with van der Waals surface area (Å²) in [6.07, 6.45) is 22.9. The first kappa shape index (κ1) is 39.0. The van der Waals surface area contributed by atoms with Crippen LogP contribution in [0.4, 0.5) is 0 Å². The number of carbonyl (C=O) groups excluding carboxylic acids is 1. The van der Waals surface area contributed by atoms with E-state index >= 15 is 0 Å². The van der Waals surface area contributed by atoms with Crippen LogP contribution in [0.25, 0.3) is 0 Å². The zero-order valence-corrected chi connectivity index (χ0v) is 21.6. The van der Waals surface area contributed by atoms with Gasteiger partial charge in [-0.2, -0.15) is 0 Å². The molecule has 0 unspecified atom stereocenters. The molecule has 0 aromatic heterocycles. The third-order valence-corrected chi connectivity index (χ3v) is 3.39. The van der Waals surface area contributed by atoms with E-state index in [9.17, 15) is 4.79 Å². The van der Waals surface area contributed by atoms with E-state index in [1.165, 1.54) is 84.0 Å². The minimum atomic E-state index is -0.211. The van der Waals surface area contributed by atoms with Crippen molar-refractivity contribution in [1.29, 1.82) is 0 Å². The highest BCUT2D eigenvalue weighted by atomic mass is 16.5. The summed E-state index contributed by atoms with van der Waals surface area (Å²) in [7, 11) is 0. The summed E-state index contributed by atoms with van der Waals surface area (Å²) in [5.41, 5.74) is 0. The molecule has 0 saturated carbocycles. The molecule has 180 valence electrons. The molecule has 0 N–H and O–H groups in total. The van der Waals surface area contributed by atoms with Crippen molar-refractivity contribution in [2.45, 2.75) is 119 Å². The first-order valence-electron chi connectivity index (χ1n) is 12.0. The second kappa shape index (κ2) is 50.8. The molecule has 0 spiro atoms. The van der Waals surface area contributed by atoms with Gasteiger partial charge in [-0.15, -0.1) is 26.3 Å². The summed E-state index contributed by atoms with van der Waals surface area (Å²) in [6.45, 7) is 26.8. The molecular weight excluding hydrogens is 368 g/mol. The van der Waals surface area contributed by atoms with Crippen molar-refractivity contribution in [3.63, 3.8) is 0 Å². The Morgan fingerprint density at radius 3 is 0.867 bits per heavy atom. The lowest BCUT2D eigenvalue weighted by molar-refractivity contribution is -0.140. The number of rotatable bonds is 13. The third-order valence-electron chi connectivity index (χ3n) is 3.39. The van der Waals surface area contributed by atoms with Gasteiger partial charge in [0.05, 0.1) is 6.61 Å². The van der Waals surface area contributed by atoms with Gasteiger partial charge in [0.15, 0.2) is 0 Å². The molecular formula is C28H56O2. The number of allylic oxidation sites excluding steroid dienone is 4. The Morgan fingerprint density at radius 2 is 0.833 bits per heavy atom. The first-order valence-corrected chi connectivity index (χ1v) is 12.0. The molecule has 0 aromatic rings. The van der Waals surface area contributed by atoms with Crippen molar-refractivity contribution in [3.8, 4) is 0 Å². The van der Waals surface area contributed by atoms with Crippen molar-refractivity contribution in [1.82, 2.24) is 0 Å². The van der Waals surface area contributed by atoms with Crippen LogP contribution in [0.5, 0.6) is 0 Å². The van der Waals surface area contributed by atoms with E-state index in [4.69, 9.17) is 0 Å². The molecule has 0 radical (unpaired) electrons. The van der Waals surface area contributed by atoms with Crippen molar-refractivity contribution < 1.29 is 9.53 Å². The van der Waals surface area contributed by atoms with Crippen LogP contribution in [0.15, 0.2) is 50.6 Å². The van der Waals surface area contributed by atoms with E-state index in [1.807, 2.05) is 24.3 Å². The Kier molecular flexibility index (Phi) is 65.9. The van der Waals surface area contributed by atoms with Crippen LogP contribution in [0, 0.1) is 0 Å². The van der Waals surface area contributed by atoms with Gasteiger partial charge in [-0.05, 0) is 32.6 Å². The monoisotopic (exact) mass is 424 g/mol. The molecule has 0 aliphatic carbocycles. The van der Waals surface area contributed by atoms with Gasteiger partial charge in [-0.3, -0.25) is 4.79 Å². The maximum Gasteiger partial charge on any atom is 0.302 e. The van der Waals surface area contributed by atoms with E-state index in [1.54, 1.807) is 6.92 Å². The van der Waals surface area contributed by atoms with Gasteiger partial charge >= 0.3 is 5.97 Å². The standard InChI is InChI=1S/4C6H12.C4H8O2/c4*1-3-5-6-4-2;1-3-6-4(2)5/h4*3H,1,4-6H2,2H3;3H2,1-2H3. The lowest BCUT2D eigenvalue weighted by Crippen LogP contribution is -1.95. The largest absolute Gasteiger partial charge is 0.466 e. The van der Waals surface area contributed by atoms with Crippen LogP contribution in [-0.2, 0) is 9.53 Å². The molecule has 0 rings (SSSR count). The second-order valence-electron chi connectivity index (χ2n) is 6.65. The highest BCUT2D eigenvalue weighted by molar-refractivity contribution is 5.65. The number of ether oxygens (including phenoxy) is 1. The molecule has 0 atom stereocenters.